The molecule has 0 bridgehead atoms. The maximum Gasteiger partial charge on any atom is 0.197 e. The van der Waals surface area contributed by atoms with Crippen molar-refractivity contribution >= 4 is 5.78 Å². The summed E-state index contributed by atoms with van der Waals surface area (Å²) in [6, 6.07) is 2.39. The van der Waals surface area contributed by atoms with Crippen molar-refractivity contribution in [3.63, 3.8) is 0 Å². The summed E-state index contributed by atoms with van der Waals surface area (Å²) in [6.07, 6.45) is 0.134. The number of hydrogen-bond acceptors (Lipinski definition) is 2. The fourth-order valence-corrected chi connectivity index (χ4v) is 1.59. The Hall–Kier alpha value is -2.11. The highest BCUT2D eigenvalue weighted by Crippen LogP contribution is 2.31. The number of halogens is 4. The normalized spacial score (nSPS) is 10.8. The van der Waals surface area contributed by atoms with E-state index in [4.69, 9.17) is 4.42 Å². The maximum atomic E-state index is 13.5. The lowest BCUT2D eigenvalue weighted by atomic mass is 10.1. The van der Waals surface area contributed by atoms with Gasteiger partial charge >= 0.3 is 0 Å². The van der Waals surface area contributed by atoms with Gasteiger partial charge in [0.05, 0.1) is 5.56 Å². The van der Waals surface area contributed by atoms with Crippen molar-refractivity contribution in [1.29, 1.82) is 0 Å². The zero-order valence-electron chi connectivity index (χ0n) is 9.77. The Labute approximate surface area is 105 Å². The van der Waals surface area contributed by atoms with Crippen molar-refractivity contribution in [1.82, 2.24) is 0 Å². The molecular weight excluding hydrogens is 264 g/mol. The molecule has 19 heavy (non-hydrogen) atoms. The van der Waals surface area contributed by atoms with Gasteiger partial charge in [-0.15, -0.1) is 0 Å². The monoisotopic (exact) mass is 272 g/mol. The molecule has 1 aromatic heterocycles. The molecular formula is C13H8F4O2. The summed E-state index contributed by atoms with van der Waals surface area (Å²) in [5.41, 5.74) is -0.965. The van der Waals surface area contributed by atoms with Crippen molar-refractivity contribution in [2.24, 2.45) is 0 Å². The second-order valence-corrected chi connectivity index (χ2v) is 3.78. The average Bonchev–Trinajstić information content (AvgIpc) is 2.85. The Balaban J connectivity index is 2.59. The highest BCUT2D eigenvalue weighted by atomic mass is 19.2. The van der Waals surface area contributed by atoms with E-state index in [-0.39, 0.29) is 24.0 Å². The molecule has 0 fully saturated rings. The van der Waals surface area contributed by atoms with Crippen molar-refractivity contribution < 1.29 is 26.8 Å². The summed E-state index contributed by atoms with van der Waals surface area (Å²) in [6.45, 7) is 1.58. The van der Waals surface area contributed by atoms with Crippen molar-refractivity contribution in [2.45, 2.75) is 13.3 Å². The van der Waals surface area contributed by atoms with E-state index in [0.29, 0.717) is 0 Å². The third-order valence-electron chi connectivity index (χ3n) is 2.56. The van der Waals surface area contributed by atoms with E-state index in [1.165, 1.54) is 6.07 Å². The zero-order valence-corrected chi connectivity index (χ0v) is 9.77. The van der Waals surface area contributed by atoms with Gasteiger partial charge in [-0.25, -0.2) is 17.6 Å². The molecule has 1 aromatic carbocycles. The number of Topliss-reactive ketones (excluding diaryl/α,β-unsaturated/α-hetero) is 1. The molecule has 2 rings (SSSR count). The molecule has 0 saturated carbocycles. The first-order chi connectivity index (χ1) is 8.95. The minimum Gasteiger partial charge on any atom is -0.453 e. The van der Waals surface area contributed by atoms with Crippen LogP contribution >= 0.6 is 0 Å². The van der Waals surface area contributed by atoms with Gasteiger partial charge in [0.1, 0.15) is 5.76 Å². The first-order valence-electron chi connectivity index (χ1n) is 5.42. The van der Waals surface area contributed by atoms with E-state index >= 15 is 0 Å². The van der Waals surface area contributed by atoms with Gasteiger partial charge < -0.3 is 4.42 Å². The third-order valence-corrected chi connectivity index (χ3v) is 2.56. The molecule has 0 spiro atoms. The summed E-state index contributed by atoms with van der Waals surface area (Å²) >= 11 is 0. The van der Waals surface area contributed by atoms with Crippen LogP contribution in [-0.2, 0) is 0 Å². The van der Waals surface area contributed by atoms with Crippen molar-refractivity contribution in [3.8, 4) is 11.3 Å². The molecule has 0 atom stereocenters. The molecule has 1 heterocycles. The fraction of sp³-hybridized carbons (Fsp3) is 0.154. The lowest BCUT2D eigenvalue weighted by Gasteiger charge is -2.04. The molecule has 0 amide bonds. The molecule has 6 heteroatoms. The van der Waals surface area contributed by atoms with Crippen LogP contribution in [0.2, 0.25) is 0 Å². The SMILES string of the molecule is CCC(=O)c1ccc(-c2c(F)c(F)cc(F)c2F)o1. The summed E-state index contributed by atoms with van der Waals surface area (Å²) < 4.78 is 58.0. The predicted molar refractivity (Wildman–Crippen MR) is 58.6 cm³/mol. The topological polar surface area (TPSA) is 30.2 Å². The summed E-state index contributed by atoms with van der Waals surface area (Å²) in [5.74, 6) is -7.15. The molecule has 0 aliphatic rings. The second kappa shape index (κ2) is 4.87. The van der Waals surface area contributed by atoms with Gasteiger partial charge in [-0.1, -0.05) is 6.92 Å². The molecule has 2 aromatic rings. The van der Waals surface area contributed by atoms with E-state index in [9.17, 15) is 22.4 Å². The first-order valence-corrected chi connectivity index (χ1v) is 5.42. The lowest BCUT2D eigenvalue weighted by molar-refractivity contribution is 0.0962. The van der Waals surface area contributed by atoms with E-state index in [0.717, 1.165) is 6.07 Å². The number of rotatable bonds is 3. The van der Waals surface area contributed by atoms with Crippen molar-refractivity contribution in [3.05, 3.63) is 47.2 Å². The Kier molecular flexibility index (Phi) is 3.42. The van der Waals surface area contributed by atoms with Gasteiger partial charge in [-0.2, -0.15) is 0 Å². The minimum absolute atomic E-state index is 0.106. The van der Waals surface area contributed by atoms with E-state index in [2.05, 4.69) is 0 Å². The highest BCUT2D eigenvalue weighted by molar-refractivity contribution is 5.93. The highest BCUT2D eigenvalue weighted by Gasteiger charge is 2.23. The van der Waals surface area contributed by atoms with Crippen LogP contribution in [0, 0.1) is 23.3 Å². The van der Waals surface area contributed by atoms with E-state index < -0.39 is 34.6 Å². The maximum absolute atomic E-state index is 13.5. The summed E-state index contributed by atoms with van der Waals surface area (Å²) in [5, 5.41) is 0. The van der Waals surface area contributed by atoms with Crippen LogP contribution in [0.25, 0.3) is 11.3 Å². The fourth-order valence-electron chi connectivity index (χ4n) is 1.59. The van der Waals surface area contributed by atoms with Gasteiger partial charge in [0, 0.05) is 12.5 Å². The van der Waals surface area contributed by atoms with Crippen LogP contribution in [0.1, 0.15) is 23.9 Å². The number of ketones is 1. The summed E-state index contributed by atoms with van der Waals surface area (Å²) in [7, 11) is 0. The number of benzene rings is 1. The molecule has 0 N–H and O–H groups in total. The largest absolute Gasteiger partial charge is 0.453 e. The van der Waals surface area contributed by atoms with E-state index in [1.54, 1.807) is 6.92 Å². The van der Waals surface area contributed by atoms with Gasteiger partial charge in [0.15, 0.2) is 34.8 Å². The van der Waals surface area contributed by atoms with Crippen LogP contribution in [0.4, 0.5) is 17.6 Å². The van der Waals surface area contributed by atoms with Crippen LogP contribution in [0.3, 0.4) is 0 Å². The smallest absolute Gasteiger partial charge is 0.197 e. The number of carbonyl (C=O) groups excluding carboxylic acids is 1. The number of furan rings is 1. The van der Waals surface area contributed by atoms with Crippen LogP contribution in [0.5, 0.6) is 0 Å². The predicted octanol–water partition coefficient (Wildman–Crippen LogP) is 4.10. The third kappa shape index (κ3) is 2.25. The quantitative estimate of drug-likeness (QED) is 0.478. The minimum atomic E-state index is -1.57. The standard InChI is InChI=1S/C13H8F4O2/c1-2-8(18)9-3-4-10(19-9)11-12(16)6(14)5-7(15)13(11)17/h3-5H,2H2,1H3. The Morgan fingerprint density at radius 1 is 1.11 bits per heavy atom. The average molecular weight is 272 g/mol. The number of carbonyl (C=O) groups is 1. The summed E-state index contributed by atoms with van der Waals surface area (Å²) in [4.78, 5) is 11.3. The van der Waals surface area contributed by atoms with Gasteiger partial charge in [-0.3, -0.25) is 4.79 Å². The van der Waals surface area contributed by atoms with Gasteiger partial charge in [-0.05, 0) is 12.1 Å². The lowest BCUT2D eigenvalue weighted by Crippen LogP contribution is -1.98. The number of hydrogen-bond donors (Lipinski definition) is 0. The zero-order chi connectivity index (χ0) is 14.2. The molecule has 100 valence electrons. The van der Waals surface area contributed by atoms with Crippen LogP contribution in [-0.4, -0.2) is 5.78 Å². The molecule has 0 saturated heterocycles. The van der Waals surface area contributed by atoms with Gasteiger partial charge in [0.2, 0.25) is 0 Å². The molecule has 0 aliphatic carbocycles. The molecule has 0 radical (unpaired) electrons. The second-order valence-electron chi connectivity index (χ2n) is 3.78. The Bertz CT molecular complexity index is 620. The Morgan fingerprint density at radius 3 is 2.21 bits per heavy atom. The molecule has 2 nitrogen and oxygen atoms in total. The molecule has 0 unspecified atom stereocenters. The van der Waals surface area contributed by atoms with Gasteiger partial charge in [0.25, 0.3) is 0 Å². The van der Waals surface area contributed by atoms with Crippen LogP contribution < -0.4 is 0 Å². The first kappa shape index (κ1) is 13.3. The molecule has 0 aliphatic heterocycles. The van der Waals surface area contributed by atoms with E-state index in [1.807, 2.05) is 0 Å². The van der Waals surface area contributed by atoms with Crippen LogP contribution in [0.15, 0.2) is 22.6 Å². The Morgan fingerprint density at radius 2 is 1.68 bits per heavy atom. The van der Waals surface area contributed by atoms with Crippen molar-refractivity contribution in [2.75, 3.05) is 0 Å².